The summed E-state index contributed by atoms with van der Waals surface area (Å²) >= 11 is 0. The van der Waals surface area contributed by atoms with Crippen molar-refractivity contribution in [1.82, 2.24) is 15.0 Å². The van der Waals surface area contributed by atoms with Gasteiger partial charge in [0.05, 0.1) is 13.3 Å². The highest BCUT2D eigenvalue weighted by Gasteiger charge is 2.09. The van der Waals surface area contributed by atoms with Crippen LogP contribution < -0.4 is 9.47 Å². The number of nitrogens with zero attached hydrogens (tertiary/aromatic N) is 3. The maximum Gasteiger partial charge on any atom is 0.184 e. The molecule has 1 heterocycles. The van der Waals surface area contributed by atoms with E-state index in [4.69, 9.17) is 9.47 Å². The van der Waals surface area contributed by atoms with Crippen molar-refractivity contribution in [1.29, 1.82) is 0 Å². The summed E-state index contributed by atoms with van der Waals surface area (Å²) in [7, 11) is 1.60. The first-order chi connectivity index (χ1) is 12.1. The van der Waals surface area contributed by atoms with E-state index in [0.717, 1.165) is 5.75 Å². The van der Waals surface area contributed by atoms with Crippen molar-refractivity contribution in [2.45, 2.75) is 13.2 Å². The summed E-state index contributed by atoms with van der Waals surface area (Å²) in [5.41, 5.74) is 1.12. The van der Waals surface area contributed by atoms with Gasteiger partial charge in [-0.05, 0) is 48.5 Å². The number of rotatable bonds is 7. The number of methoxy groups -OCH3 is 1. The first-order valence-corrected chi connectivity index (χ1v) is 7.62. The van der Waals surface area contributed by atoms with Gasteiger partial charge in [0.25, 0.3) is 0 Å². The van der Waals surface area contributed by atoms with Gasteiger partial charge in [0.1, 0.15) is 36.1 Å². The van der Waals surface area contributed by atoms with E-state index in [1.807, 2.05) is 12.1 Å². The van der Waals surface area contributed by atoms with Crippen molar-refractivity contribution in [2.75, 3.05) is 7.11 Å². The molecule has 2 aromatic carbocycles. The molecule has 1 N–H and O–H groups in total. The first kappa shape index (κ1) is 16.5. The Morgan fingerprint density at radius 2 is 1.76 bits per heavy atom. The Morgan fingerprint density at radius 3 is 2.44 bits per heavy atom. The summed E-state index contributed by atoms with van der Waals surface area (Å²) in [4.78, 5) is 12.2. The van der Waals surface area contributed by atoms with Crippen LogP contribution >= 0.6 is 0 Å². The van der Waals surface area contributed by atoms with Gasteiger partial charge in [-0.2, -0.15) is 0 Å². The molecule has 0 unspecified atom stereocenters. The Labute approximate surface area is 144 Å². The third kappa shape index (κ3) is 4.35. The zero-order valence-corrected chi connectivity index (χ0v) is 13.6. The lowest BCUT2D eigenvalue weighted by Gasteiger charge is -2.04. The fraction of sp³-hybridized carbons (Fsp3) is 0.167. The summed E-state index contributed by atoms with van der Waals surface area (Å²) in [6.07, 6.45) is 1.67. The van der Waals surface area contributed by atoms with Crippen LogP contribution in [0.2, 0.25) is 0 Å². The molecule has 128 valence electrons. The molecule has 0 radical (unpaired) electrons. The average Bonchev–Trinajstić information content (AvgIpc) is 3.08. The van der Waals surface area contributed by atoms with Gasteiger partial charge in [0, 0.05) is 5.56 Å². The van der Waals surface area contributed by atoms with Gasteiger partial charge in [-0.1, -0.05) is 5.21 Å². The molecule has 0 saturated carbocycles. The Bertz CT molecular complexity index is 842. The minimum absolute atomic E-state index is 0.0698. The number of ketones is 1. The number of Topliss-reactive ketones (excluding diaryl/α,β-unsaturated/α-hetero) is 1. The minimum atomic E-state index is -0.118. The zero-order chi connectivity index (χ0) is 17.6. The summed E-state index contributed by atoms with van der Waals surface area (Å²) in [5.74, 6) is 1.45. The van der Waals surface area contributed by atoms with Crippen molar-refractivity contribution >= 4 is 5.78 Å². The Morgan fingerprint density at radius 1 is 1.08 bits per heavy atom. The van der Waals surface area contributed by atoms with E-state index in [1.165, 1.54) is 16.8 Å². The number of aromatic hydroxyl groups is 1. The van der Waals surface area contributed by atoms with E-state index in [1.54, 1.807) is 37.6 Å². The molecule has 3 aromatic rings. The van der Waals surface area contributed by atoms with Crippen LogP contribution in [0.3, 0.4) is 0 Å². The van der Waals surface area contributed by atoms with Crippen molar-refractivity contribution in [2.24, 2.45) is 0 Å². The Balaban J connectivity index is 1.56. The maximum absolute atomic E-state index is 12.2. The van der Waals surface area contributed by atoms with E-state index in [0.29, 0.717) is 17.0 Å². The van der Waals surface area contributed by atoms with Crippen molar-refractivity contribution in [3.63, 3.8) is 0 Å². The van der Waals surface area contributed by atoms with Crippen LogP contribution in [0.5, 0.6) is 17.2 Å². The van der Waals surface area contributed by atoms with Gasteiger partial charge in [0.2, 0.25) is 0 Å². The lowest BCUT2D eigenvalue weighted by atomic mass is 10.1. The van der Waals surface area contributed by atoms with Gasteiger partial charge in [-0.25, -0.2) is 4.68 Å². The number of hydrogen-bond acceptors (Lipinski definition) is 6. The lowest BCUT2D eigenvalue weighted by Crippen LogP contribution is -2.10. The molecule has 0 atom stereocenters. The van der Waals surface area contributed by atoms with E-state index < -0.39 is 0 Å². The molecule has 0 spiro atoms. The summed E-state index contributed by atoms with van der Waals surface area (Å²) in [5, 5.41) is 17.2. The van der Waals surface area contributed by atoms with Crippen LogP contribution in [0, 0.1) is 0 Å². The first-order valence-electron chi connectivity index (χ1n) is 7.62. The van der Waals surface area contributed by atoms with Gasteiger partial charge in [-0.15, -0.1) is 5.10 Å². The van der Waals surface area contributed by atoms with Gasteiger partial charge in [-0.3, -0.25) is 4.79 Å². The summed E-state index contributed by atoms with van der Waals surface area (Å²) < 4.78 is 12.2. The number of hydrogen-bond donors (Lipinski definition) is 1. The van der Waals surface area contributed by atoms with E-state index in [9.17, 15) is 9.90 Å². The van der Waals surface area contributed by atoms with Gasteiger partial charge >= 0.3 is 0 Å². The largest absolute Gasteiger partial charge is 0.508 e. The van der Waals surface area contributed by atoms with Crippen LogP contribution in [0.25, 0.3) is 0 Å². The van der Waals surface area contributed by atoms with Crippen LogP contribution in [0.15, 0.2) is 54.7 Å². The standard InChI is InChI=1S/C18H17N3O4/c1-24-16-6-8-17(9-7-16)25-12-14-10-21(20-19-14)11-18(23)13-2-4-15(22)5-3-13/h2-10,22H,11-12H2,1H3. The number of carbonyl (C=O) groups excluding carboxylic acids is 1. The molecule has 1 aromatic heterocycles. The molecule has 0 aliphatic carbocycles. The fourth-order valence-corrected chi connectivity index (χ4v) is 2.20. The molecule has 0 aliphatic rings. The van der Waals surface area contributed by atoms with Crippen molar-refractivity contribution in [3.8, 4) is 17.2 Å². The number of benzene rings is 2. The SMILES string of the molecule is COc1ccc(OCc2cn(CC(=O)c3ccc(O)cc3)nn2)cc1. The quantitative estimate of drug-likeness (QED) is 0.666. The van der Waals surface area contributed by atoms with E-state index in [-0.39, 0.29) is 24.7 Å². The summed E-state index contributed by atoms with van der Waals surface area (Å²) in [6, 6.07) is 13.3. The Kier molecular flexibility index (Phi) is 4.94. The molecular formula is C18H17N3O4. The number of ether oxygens (including phenoxy) is 2. The summed E-state index contributed by atoms with van der Waals surface area (Å²) in [6.45, 7) is 0.319. The second-order valence-electron chi connectivity index (χ2n) is 5.34. The second-order valence-corrected chi connectivity index (χ2v) is 5.34. The predicted octanol–water partition coefficient (Wildman–Crippen LogP) is 2.45. The highest BCUT2D eigenvalue weighted by molar-refractivity contribution is 5.95. The normalized spacial score (nSPS) is 10.4. The highest BCUT2D eigenvalue weighted by atomic mass is 16.5. The van der Waals surface area contributed by atoms with Crippen LogP contribution in [-0.2, 0) is 13.2 Å². The molecule has 7 nitrogen and oxygen atoms in total. The molecule has 0 amide bonds. The second kappa shape index (κ2) is 7.48. The third-order valence-corrected chi connectivity index (χ3v) is 3.53. The third-order valence-electron chi connectivity index (χ3n) is 3.53. The molecule has 7 heteroatoms. The van der Waals surface area contributed by atoms with Crippen LogP contribution in [0.1, 0.15) is 16.1 Å². The van der Waals surface area contributed by atoms with Crippen LogP contribution in [-0.4, -0.2) is 33.0 Å². The molecule has 3 rings (SSSR count). The molecule has 0 bridgehead atoms. The van der Waals surface area contributed by atoms with E-state index >= 15 is 0 Å². The molecule has 0 saturated heterocycles. The maximum atomic E-state index is 12.2. The predicted molar refractivity (Wildman–Crippen MR) is 89.8 cm³/mol. The highest BCUT2D eigenvalue weighted by Crippen LogP contribution is 2.18. The van der Waals surface area contributed by atoms with E-state index in [2.05, 4.69) is 10.3 Å². The van der Waals surface area contributed by atoms with Crippen LogP contribution in [0.4, 0.5) is 0 Å². The lowest BCUT2D eigenvalue weighted by molar-refractivity contribution is 0.0967. The zero-order valence-electron chi connectivity index (χ0n) is 13.6. The molecular weight excluding hydrogens is 322 g/mol. The number of phenolic OH excluding ortho intramolecular Hbond substituents is 1. The van der Waals surface area contributed by atoms with Gasteiger partial charge in [0.15, 0.2) is 5.78 Å². The minimum Gasteiger partial charge on any atom is -0.508 e. The van der Waals surface area contributed by atoms with Crippen molar-refractivity contribution < 1.29 is 19.4 Å². The molecule has 25 heavy (non-hydrogen) atoms. The average molecular weight is 339 g/mol. The fourth-order valence-electron chi connectivity index (χ4n) is 2.20. The topological polar surface area (TPSA) is 86.5 Å². The number of phenols is 1. The molecule has 0 fully saturated rings. The van der Waals surface area contributed by atoms with Crippen molar-refractivity contribution in [3.05, 3.63) is 66.0 Å². The number of carbonyl (C=O) groups is 1. The smallest absolute Gasteiger partial charge is 0.184 e. The monoisotopic (exact) mass is 339 g/mol. The Hall–Kier alpha value is -3.35. The molecule has 0 aliphatic heterocycles. The number of aromatic nitrogens is 3. The van der Waals surface area contributed by atoms with Gasteiger partial charge < -0.3 is 14.6 Å².